The van der Waals surface area contributed by atoms with Crippen molar-refractivity contribution in [1.29, 1.82) is 0 Å². The molecule has 1 heterocycles. The molecule has 1 aliphatic rings. The number of ether oxygens (including phenoxy) is 1. The fourth-order valence-corrected chi connectivity index (χ4v) is 3.50. The first kappa shape index (κ1) is 16.8. The highest BCUT2D eigenvalue weighted by Gasteiger charge is 2.47. The SMILES string of the molecule is COCCn1ncc(Br)c1C1(O)CCC(C(F)(F)F)CC1. The van der Waals surface area contributed by atoms with Crippen molar-refractivity contribution in [3.63, 3.8) is 0 Å². The quantitative estimate of drug-likeness (QED) is 0.884. The van der Waals surface area contributed by atoms with E-state index in [0.717, 1.165) is 0 Å². The molecule has 1 aromatic rings. The van der Waals surface area contributed by atoms with Crippen LogP contribution in [0.1, 0.15) is 31.4 Å². The molecule has 1 fully saturated rings. The summed E-state index contributed by atoms with van der Waals surface area (Å²) in [4.78, 5) is 0. The highest BCUT2D eigenvalue weighted by molar-refractivity contribution is 9.10. The molecule has 0 aromatic carbocycles. The first-order valence-electron chi connectivity index (χ1n) is 6.78. The second kappa shape index (κ2) is 6.26. The first-order valence-corrected chi connectivity index (χ1v) is 7.57. The van der Waals surface area contributed by atoms with Crippen molar-refractivity contribution in [1.82, 2.24) is 9.78 Å². The van der Waals surface area contributed by atoms with Crippen molar-refractivity contribution >= 4 is 15.9 Å². The Morgan fingerprint density at radius 2 is 2.10 bits per heavy atom. The van der Waals surface area contributed by atoms with Crippen LogP contribution in [0, 0.1) is 5.92 Å². The minimum atomic E-state index is -4.19. The Morgan fingerprint density at radius 1 is 1.48 bits per heavy atom. The maximum atomic E-state index is 12.7. The van der Waals surface area contributed by atoms with Crippen LogP contribution in [0.25, 0.3) is 0 Å². The van der Waals surface area contributed by atoms with Gasteiger partial charge < -0.3 is 9.84 Å². The summed E-state index contributed by atoms with van der Waals surface area (Å²) < 4.78 is 45.4. The molecule has 1 saturated carbocycles. The number of methoxy groups -OCH3 is 1. The van der Waals surface area contributed by atoms with Gasteiger partial charge in [-0.2, -0.15) is 18.3 Å². The van der Waals surface area contributed by atoms with Gasteiger partial charge in [-0.3, -0.25) is 4.68 Å². The second-order valence-electron chi connectivity index (χ2n) is 5.40. The summed E-state index contributed by atoms with van der Waals surface area (Å²) in [6.07, 6.45) is -2.61. The Hall–Kier alpha value is -0.600. The van der Waals surface area contributed by atoms with E-state index >= 15 is 0 Å². The van der Waals surface area contributed by atoms with Gasteiger partial charge in [0.25, 0.3) is 0 Å². The topological polar surface area (TPSA) is 47.3 Å². The van der Waals surface area contributed by atoms with Gasteiger partial charge in [0.1, 0.15) is 5.60 Å². The minimum Gasteiger partial charge on any atom is -0.384 e. The molecule has 0 atom stereocenters. The van der Waals surface area contributed by atoms with Crippen molar-refractivity contribution in [3.8, 4) is 0 Å². The highest BCUT2D eigenvalue weighted by atomic mass is 79.9. The van der Waals surface area contributed by atoms with Gasteiger partial charge in [-0.25, -0.2) is 0 Å². The average molecular weight is 371 g/mol. The van der Waals surface area contributed by atoms with Gasteiger partial charge in [-0.15, -0.1) is 0 Å². The molecule has 4 nitrogen and oxygen atoms in total. The summed E-state index contributed by atoms with van der Waals surface area (Å²) in [6, 6.07) is 0. The van der Waals surface area contributed by atoms with Gasteiger partial charge >= 0.3 is 6.18 Å². The van der Waals surface area contributed by atoms with E-state index in [2.05, 4.69) is 21.0 Å². The molecule has 2 rings (SSSR count). The number of nitrogens with zero attached hydrogens (tertiary/aromatic N) is 2. The maximum absolute atomic E-state index is 12.7. The highest BCUT2D eigenvalue weighted by Crippen LogP contribution is 2.46. The number of alkyl halides is 3. The van der Waals surface area contributed by atoms with Crippen LogP contribution in [0.2, 0.25) is 0 Å². The number of halogens is 4. The molecule has 1 aromatic heterocycles. The minimum absolute atomic E-state index is 0.0676. The largest absolute Gasteiger partial charge is 0.391 e. The van der Waals surface area contributed by atoms with Crippen LogP contribution in [0.5, 0.6) is 0 Å². The predicted molar refractivity (Wildman–Crippen MR) is 73.7 cm³/mol. The van der Waals surface area contributed by atoms with Gasteiger partial charge in [0.15, 0.2) is 0 Å². The molecular formula is C13H18BrF3N2O2. The van der Waals surface area contributed by atoms with E-state index in [4.69, 9.17) is 4.74 Å². The summed E-state index contributed by atoms with van der Waals surface area (Å²) in [5, 5.41) is 14.9. The Balaban J connectivity index is 2.17. The fraction of sp³-hybridized carbons (Fsp3) is 0.769. The van der Waals surface area contributed by atoms with Crippen molar-refractivity contribution < 1.29 is 23.0 Å². The van der Waals surface area contributed by atoms with Gasteiger partial charge in [0.2, 0.25) is 0 Å². The molecule has 0 saturated heterocycles. The zero-order valence-electron chi connectivity index (χ0n) is 11.7. The molecule has 0 aliphatic heterocycles. The summed E-state index contributed by atoms with van der Waals surface area (Å²) in [5.74, 6) is -1.33. The Labute approximate surface area is 129 Å². The zero-order valence-corrected chi connectivity index (χ0v) is 13.2. The third-order valence-corrected chi connectivity index (χ3v) is 4.60. The number of aromatic nitrogens is 2. The lowest BCUT2D eigenvalue weighted by atomic mass is 9.77. The van der Waals surface area contributed by atoms with Crippen LogP contribution in [0.4, 0.5) is 13.2 Å². The number of hydrogen-bond donors (Lipinski definition) is 1. The van der Waals surface area contributed by atoms with Crippen LogP contribution in [0.3, 0.4) is 0 Å². The van der Waals surface area contributed by atoms with E-state index in [-0.39, 0.29) is 25.7 Å². The van der Waals surface area contributed by atoms with Gasteiger partial charge in [0, 0.05) is 7.11 Å². The van der Waals surface area contributed by atoms with E-state index < -0.39 is 17.7 Å². The molecule has 120 valence electrons. The van der Waals surface area contributed by atoms with Crippen molar-refractivity contribution in [2.24, 2.45) is 5.92 Å². The lowest BCUT2D eigenvalue weighted by Crippen LogP contribution is -2.38. The third-order valence-electron chi connectivity index (χ3n) is 4.02. The normalized spacial score (nSPS) is 27.0. The molecule has 1 N–H and O–H groups in total. The van der Waals surface area contributed by atoms with Crippen molar-refractivity contribution in [2.75, 3.05) is 13.7 Å². The second-order valence-corrected chi connectivity index (χ2v) is 6.26. The molecule has 0 amide bonds. The third kappa shape index (κ3) is 3.60. The summed E-state index contributed by atoms with van der Waals surface area (Å²) >= 11 is 3.33. The smallest absolute Gasteiger partial charge is 0.384 e. The lowest BCUT2D eigenvalue weighted by Gasteiger charge is -2.37. The van der Waals surface area contributed by atoms with E-state index in [1.54, 1.807) is 18.0 Å². The van der Waals surface area contributed by atoms with Crippen LogP contribution in [-0.2, 0) is 16.9 Å². The van der Waals surface area contributed by atoms with Gasteiger partial charge in [-0.05, 0) is 41.6 Å². The number of aliphatic hydroxyl groups is 1. The van der Waals surface area contributed by atoms with E-state index in [1.165, 1.54) is 0 Å². The van der Waals surface area contributed by atoms with E-state index in [1.807, 2.05) is 0 Å². The molecule has 0 spiro atoms. The molecule has 1 aliphatic carbocycles. The van der Waals surface area contributed by atoms with Crippen LogP contribution in [-0.4, -0.2) is 34.8 Å². The maximum Gasteiger partial charge on any atom is 0.391 e. The standard InChI is InChI=1S/C13H18BrF3N2O2/c1-21-7-6-19-11(10(14)8-18-19)12(20)4-2-9(3-5-12)13(15,16)17/h8-9,20H,2-7H2,1H3. The van der Waals surface area contributed by atoms with Crippen LogP contribution < -0.4 is 0 Å². The molecule has 0 radical (unpaired) electrons. The summed E-state index contributed by atoms with van der Waals surface area (Å²) in [7, 11) is 1.56. The molecule has 0 bridgehead atoms. The number of rotatable bonds is 4. The van der Waals surface area contributed by atoms with E-state index in [9.17, 15) is 18.3 Å². The van der Waals surface area contributed by atoms with Crippen molar-refractivity contribution in [3.05, 3.63) is 16.4 Å². The van der Waals surface area contributed by atoms with Gasteiger partial charge in [0.05, 0.1) is 35.4 Å². The predicted octanol–water partition coefficient (Wildman–Crippen LogP) is 3.23. The Morgan fingerprint density at radius 3 is 2.62 bits per heavy atom. The summed E-state index contributed by atoms with van der Waals surface area (Å²) in [6.45, 7) is 0.866. The first-order chi connectivity index (χ1) is 9.78. The Bertz CT molecular complexity index is 482. The van der Waals surface area contributed by atoms with Crippen LogP contribution >= 0.6 is 15.9 Å². The average Bonchev–Trinajstić information content (AvgIpc) is 2.77. The molecule has 21 heavy (non-hydrogen) atoms. The molecule has 8 heteroatoms. The molecule has 0 unspecified atom stereocenters. The lowest BCUT2D eigenvalue weighted by molar-refractivity contribution is -0.193. The monoisotopic (exact) mass is 370 g/mol. The van der Waals surface area contributed by atoms with Crippen LogP contribution in [0.15, 0.2) is 10.7 Å². The van der Waals surface area contributed by atoms with Crippen molar-refractivity contribution in [2.45, 2.75) is 44.0 Å². The number of hydrogen-bond acceptors (Lipinski definition) is 3. The molecular weight excluding hydrogens is 353 g/mol. The fourth-order valence-electron chi connectivity index (χ4n) is 2.83. The van der Waals surface area contributed by atoms with E-state index in [0.29, 0.717) is 23.3 Å². The van der Waals surface area contributed by atoms with Gasteiger partial charge in [-0.1, -0.05) is 0 Å². The Kier molecular flexibility index (Phi) is 4.99. The summed E-state index contributed by atoms with van der Waals surface area (Å²) in [5.41, 5.74) is -0.731. The zero-order chi connectivity index (χ0) is 15.7.